The van der Waals surface area contributed by atoms with Crippen LogP contribution >= 0.6 is 34.5 Å². The Morgan fingerprint density at radius 3 is 2.79 bits per heavy atom. The third-order valence-electron chi connectivity index (χ3n) is 3.02. The molecule has 0 aliphatic carbocycles. The second-order valence-corrected chi connectivity index (χ2v) is 5.89. The second kappa shape index (κ2) is 4.80. The van der Waals surface area contributed by atoms with Crippen LogP contribution in [0.25, 0.3) is 16.2 Å². The predicted octanol–water partition coefficient (Wildman–Crippen LogP) is 4.14. The van der Waals surface area contributed by atoms with E-state index in [0.717, 1.165) is 27.6 Å². The predicted molar refractivity (Wildman–Crippen MR) is 81.2 cm³/mol. The van der Waals surface area contributed by atoms with E-state index in [1.165, 1.54) is 0 Å². The molecule has 6 heteroatoms. The molecule has 0 saturated heterocycles. The van der Waals surface area contributed by atoms with Crippen LogP contribution in [-0.4, -0.2) is 9.38 Å². The number of aryl methyl sites for hydroxylation is 1. The van der Waals surface area contributed by atoms with E-state index in [0.29, 0.717) is 16.6 Å². The lowest BCUT2D eigenvalue weighted by Crippen LogP contribution is -2.03. The molecule has 98 valence electrons. The van der Waals surface area contributed by atoms with Crippen molar-refractivity contribution in [3.63, 3.8) is 0 Å². The van der Waals surface area contributed by atoms with Gasteiger partial charge in [-0.25, -0.2) is 4.98 Å². The summed E-state index contributed by atoms with van der Waals surface area (Å²) in [5.74, 6) is 0. The lowest BCUT2D eigenvalue weighted by atomic mass is 10.1. The SMILES string of the molecule is Cc1csc2nc(-c3ccc(Cl)c(Cl)c3)c(CN)n12. The van der Waals surface area contributed by atoms with E-state index < -0.39 is 0 Å². The highest BCUT2D eigenvalue weighted by Gasteiger charge is 2.16. The van der Waals surface area contributed by atoms with E-state index in [-0.39, 0.29) is 0 Å². The van der Waals surface area contributed by atoms with Gasteiger partial charge in [-0.3, -0.25) is 4.40 Å². The first kappa shape index (κ1) is 12.9. The lowest BCUT2D eigenvalue weighted by Gasteiger charge is -2.04. The molecule has 3 rings (SSSR count). The maximum absolute atomic E-state index is 6.07. The van der Waals surface area contributed by atoms with Crippen LogP contribution in [0.2, 0.25) is 10.0 Å². The van der Waals surface area contributed by atoms with E-state index >= 15 is 0 Å². The zero-order valence-electron chi connectivity index (χ0n) is 10.2. The van der Waals surface area contributed by atoms with Gasteiger partial charge in [-0.05, 0) is 19.1 Å². The maximum atomic E-state index is 6.07. The minimum absolute atomic E-state index is 0.425. The zero-order chi connectivity index (χ0) is 13.6. The van der Waals surface area contributed by atoms with Crippen LogP contribution in [0, 0.1) is 6.92 Å². The number of imidazole rings is 1. The first-order chi connectivity index (χ1) is 9.11. The van der Waals surface area contributed by atoms with Crippen LogP contribution in [0.1, 0.15) is 11.4 Å². The largest absolute Gasteiger partial charge is 0.325 e. The molecule has 0 amide bonds. The molecule has 3 aromatic rings. The van der Waals surface area contributed by atoms with Crippen LogP contribution < -0.4 is 5.73 Å². The lowest BCUT2D eigenvalue weighted by molar-refractivity contribution is 0.946. The van der Waals surface area contributed by atoms with Gasteiger partial charge in [-0.1, -0.05) is 29.3 Å². The molecular weight excluding hydrogens is 301 g/mol. The van der Waals surface area contributed by atoms with Crippen molar-refractivity contribution in [1.29, 1.82) is 0 Å². The summed E-state index contributed by atoms with van der Waals surface area (Å²) < 4.78 is 2.09. The van der Waals surface area contributed by atoms with Crippen molar-refractivity contribution in [2.75, 3.05) is 0 Å². The molecule has 1 aromatic carbocycles. The van der Waals surface area contributed by atoms with Gasteiger partial charge in [0.15, 0.2) is 4.96 Å². The van der Waals surface area contributed by atoms with Crippen molar-refractivity contribution < 1.29 is 0 Å². The number of nitrogens with two attached hydrogens (primary N) is 1. The standard InChI is InChI=1S/C13H11Cl2N3S/c1-7-6-19-13-17-12(11(5-16)18(7)13)8-2-3-9(14)10(15)4-8/h2-4,6H,5,16H2,1H3. The Morgan fingerprint density at radius 1 is 1.32 bits per heavy atom. The number of aromatic nitrogens is 2. The molecule has 0 bridgehead atoms. The van der Waals surface area contributed by atoms with Gasteiger partial charge in [-0.15, -0.1) is 11.3 Å². The third-order valence-corrected chi connectivity index (χ3v) is 4.70. The van der Waals surface area contributed by atoms with Crippen molar-refractivity contribution in [3.8, 4) is 11.3 Å². The minimum Gasteiger partial charge on any atom is -0.325 e. The quantitative estimate of drug-likeness (QED) is 0.773. The summed E-state index contributed by atoms with van der Waals surface area (Å²) in [6.07, 6.45) is 0. The Hall–Kier alpha value is -1.07. The number of thiazole rings is 1. The maximum Gasteiger partial charge on any atom is 0.194 e. The van der Waals surface area contributed by atoms with E-state index in [2.05, 4.69) is 14.8 Å². The van der Waals surface area contributed by atoms with Crippen molar-refractivity contribution in [2.24, 2.45) is 5.73 Å². The molecule has 0 aliphatic heterocycles. The Bertz CT molecular complexity index is 761. The smallest absolute Gasteiger partial charge is 0.194 e. The highest BCUT2D eigenvalue weighted by atomic mass is 35.5. The van der Waals surface area contributed by atoms with Gasteiger partial charge >= 0.3 is 0 Å². The van der Waals surface area contributed by atoms with Crippen LogP contribution in [0.5, 0.6) is 0 Å². The molecule has 2 heterocycles. The Balaban J connectivity index is 2.26. The normalized spacial score (nSPS) is 11.4. The van der Waals surface area contributed by atoms with E-state index in [9.17, 15) is 0 Å². The van der Waals surface area contributed by atoms with Gasteiger partial charge in [0, 0.05) is 23.2 Å². The Labute approximate surface area is 124 Å². The van der Waals surface area contributed by atoms with Crippen molar-refractivity contribution in [2.45, 2.75) is 13.5 Å². The fourth-order valence-corrected chi connectivity index (χ4v) is 3.31. The first-order valence-electron chi connectivity index (χ1n) is 5.72. The van der Waals surface area contributed by atoms with Crippen LogP contribution in [-0.2, 0) is 6.54 Å². The summed E-state index contributed by atoms with van der Waals surface area (Å²) >= 11 is 13.6. The summed E-state index contributed by atoms with van der Waals surface area (Å²) in [7, 11) is 0. The fourth-order valence-electron chi connectivity index (χ4n) is 2.13. The average molecular weight is 312 g/mol. The number of hydrogen-bond donors (Lipinski definition) is 1. The highest BCUT2D eigenvalue weighted by Crippen LogP contribution is 2.32. The van der Waals surface area contributed by atoms with Crippen molar-refractivity contribution in [1.82, 2.24) is 9.38 Å². The summed E-state index contributed by atoms with van der Waals surface area (Å²) in [6, 6.07) is 5.51. The molecule has 0 unspecified atom stereocenters. The van der Waals surface area contributed by atoms with Gasteiger partial charge in [0.2, 0.25) is 0 Å². The minimum atomic E-state index is 0.425. The molecule has 0 aliphatic rings. The number of nitrogens with zero attached hydrogens (tertiary/aromatic N) is 2. The number of rotatable bonds is 2. The molecular formula is C13H11Cl2N3S. The molecule has 0 spiro atoms. The molecule has 0 fully saturated rings. The summed E-state index contributed by atoms with van der Waals surface area (Å²) in [4.78, 5) is 5.59. The summed E-state index contributed by atoms with van der Waals surface area (Å²) in [6.45, 7) is 2.47. The van der Waals surface area contributed by atoms with Gasteiger partial charge in [0.05, 0.1) is 21.4 Å². The van der Waals surface area contributed by atoms with Gasteiger partial charge in [0.1, 0.15) is 0 Å². The average Bonchev–Trinajstić information content (AvgIpc) is 2.93. The van der Waals surface area contributed by atoms with Crippen LogP contribution in [0.4, 0.5) is 0 Å². The van der Waals surface area contributed by atoms with Crippen LogP contribution in [0.3, 0.4) is 0 Å². The van der Waals surface area contributed by atoms with Gasteiger partial charge < -0.3 is 5.73 Å². The summed E-state index contributed by atoms with van der Waals surface area (Å²) in [5, 5.41) is 3.13. The number of halogens is 2. The molecule has 0 saturated carbocycles. The van der Waals surface area contributed by atoms with Gasteiger partial charge in [0.25, 0.3) is 0 Å². The second-order valence-electron chi connectivity index (χ2n) is 4.24. The Morgan fingerprint density at radius 2 is 2.11 bits per heavy atom. The monoisotopic (exact) mass is 311 g/mol. The van der Waals surface area contributed by atoms with E-state index in [1.54, 1.807) is 17.4 Å². The molecule has 0 radical (unpaired) electrons. The van der Waals surface area contributed by atoms with Crippen molar-refractivity contribution in [3.05, 3.63) is 45.0 Å². The van der Waals surface area contributed by atoms with Crippen molar-refractivity contribution >= 4 is 39.5 Å². The molecule has 2 N–H and O–H groups in total. The molecule has 2 aromatic heterocycles. The highest BCUT2D eigenvalue weighted by molar-refractivity contribution is 7.15. The fraction of sp³-hybridized carbons (Fsp3) is 0.154. The third kappa shape index (κ3) is 2.05. The number of fused-ring (bicyclic) bond motifs is 1. The van der Waals surface area contributed by atoms with Crippen LogP contribution in [0.15, 0.2) is 23.6 Å². The topological polar surface area (TPSA) is 43.3 Å². The molecule has 0 atom stereocenters. The number of hydrogen-bond acceptors (Lipinski definition) is 3. The Kier molecular flexibility index (Phi) is 3.27. The van der Waals surface area contributed by atoms with E-state index in [1.807, 2.05) is 19.1 Å². The zero-order valence-corrected chi connectivity index (χ0v) is 12.5. The molecule has 3 nitrogen and oxygen atoms in total. The van der Waals surface area contributed by atoms with Gasteiger partial charge in [-0.2, -0.15) is 0 Å². The molecule has 19 heavy (non-hydrogen) atoms. The number of benzene rings is 1. The first-order valence-corrected chi connectivity index (χ1v) is 7.36. The van der Waals surface area contributed by atoms with E-state index in [4.69, 9.17) is 28.9 Å². The summed E-state index contributed by atoms with van der Waals surface area (Å²) in [5.41, 5.74) is 9.82.